The molecule has 1 aromatic rings. The molecular weight excluding hydrogens is 242 g/mol. The van der Waals surface area contributed by atoms with Crippen molar-refractivity contribution in [3.63, 3.8) is 0 Å². The lowest BCUT2D eigenvalue weighted by Gasteiger charge is -2.35. The predicted molar refractivity (Wildman–Crippen MR) is 73.2 cm³/mol. The van der Waals surface area contributed by atoms with E-state index in [0.717, 1.165) is 6.42 Å². The van der Waals surface area contributed by atoms with Crippen molar-refractivity contribution >= 4 is 5.91 Å². The monoisotopic (exact) mass is 263 g/mol. The van der Waals surface area contributed by atoms with Crippen molar-refractivity contribution in [3.8, 4) is 5.75 Å². The van der Waals surface area contributed by atoms with E-state index in [0.29, 0.717) is 30.6 Å². The largest absolute Gasteiger partial charge is 0.508 e. The van der Waals surface area contributed by atoms with Crippen LogP contribution in [0.3, 0.4) is 0 Å². The van der Waals surface area contributed by atoms with Gasteiger partial charge in [0.15, 0.2) is 0 Å². The molecule has 0 radical (unpaired) electrons. The SMILES string of the molecule is CCC1CN(C(=O)c2ccc(O)c(C)c2)CCC1O. The first-order valence-electron chi connectivity index (χ1n) is 6.80. The molecule has 2 rings (SSSR count). The Morgan fingerprint density at radius 3 is 2.84 bits per heavy atom. The quantitative estimate of drug-likeness (QED) is 0.857. The van der Waals surface area contributed by atoms with Crippen LogP contribution >= 0.6 is 0 Å². The van der Waals surface area contributed by atoms with Crippen molar-refractivity contribution in [3.05, 3.63) is 29.3 Å². The zero-order valence-electron chi connectivity index (χ0n) is 11.5. The summed E-state index contributed by atoms with van der Waals surface area (Å²) < 4.78 is 0. The van der Waals surface area contributed by atoms with Crippen LogP contribution in [0.1, 0.15) is 35.7 Å². The Bertz CT molecular complexity index is 472. The minimum atomic E-state index is -0.296. The normalized spacial score (nSPS) is 23.4. The highest BCUT2D eigenvalue weighted by Crippen LogP contribution is 2.23. The van der Waals surface area contributed by atoms with Gasteiger partial charge < -0.3 is 15.1 Å². The number of hydrogen-bond donors (Lipinski definition) is 2. The van der Waals surface area contributed by atoms with Gasteiger partial charge in [0.25, 0.3) is 5.91 Å². The number of carbonyl (C=O) groups excluding carboxylic acids is 1. The lowest BCUT2D eigenvalue weighted by Crippen LogP contribution is -2.45. The summed E-state index contributed by atoms with van der Waals surface area (Å²) in [7, 11) is 0. The first-order valence-corrected chi connectivity index (χ1v) is 6.80. The van der Waals surface area contributed by atoms with Gasteiger partial charge in [0.05, 0.1) is 6.10 Å². The third-order valence-electron chi connectivity index (χ3n) is 3.95. The molecule has 0 spiro atoms. The maximum atomic E-state index is 12.4. The molecule has 2 unspecified atom stereocenters. The second-order valence-corrected chi connectivity index (χ2v) is 5.28. The van der Waals surface area contributed by atoms with Crippen LogP contribution in [-0.2, 0) is 0 Å². The van der Waals surface area contributed by atoms with Crippen molar-refractivity contribution < 1.29 is 15.0 Å². The molecule has 1 heterocycles. The van der Waals surface area contributed by atoms with Crippen LogP contribution in [-0.4, -0.2) is 40.2 Å². The minimum Gasteiger partial charge on any atom is -0.508 e. The Kier molecular flexibility index (Phi) is 4.10. The van der Waals surface area contributed by atoms with Crippen LogP contribution in [0.5, 0.6) is 5.75 Å². The number of nitrogens with zero attached hydrogens (tertiary/aromatic N) is 1. The summed E-state index contributed by atoms with van der Waals surface area (Å²) in [4.78, 5) is 14.2. The number of hydrogen-bond acceptors (Lipinski definition) is 3. The Hall–Kier alpha value is -1.55. The van der Waals surface area contributed by atoms with E-state index in [4.69, 9.17) is 0 Å². The molecule has 1 aliphatic heterocycles. The van der Waals surface area contributed by atoms with Gasteiger partial charge in [-0.3, -0.25) is 4.79 Å². The van der Waals surface area contributed by atoms with Gasteiger partial charge in [-0.2, -0.15) is 0 Å². The molecule has 0 saturated carbocycles. The van der Waals surface area contributed by atoms with Crippen LogP contribution in [0.2, 0.25) is 0 Å². The number of aliphatic hydroxyl groups excluding tert-OH is 1. The Labute approximate surface area is 113 Å². The van der Waals surface area contributed by atoms with E-state index in [9.17, 15) is 15.0 Å². The van der Waals surface area contributed by atoms with E-state index in [1.165, 1.54) is 0 Å². The van der Waals surface area contributed by atoms with Gasteiger partial charge in [-0.05, 0) is 43.5 Å². The molecule has 19 heavy (non-hydrogen) atoms. The predicted octanol–water partition coefficient (Wildman–Crippen LogP) is 1.93. The number of amides is 1. The number of rotatable bonds is 2. The molecule has 104 valence electrons. The number of phenols is 1. The number of carbonyl (C=O) groups is 1. The van der Waals surface area contributed by atoms with Crippen LogP contribution in [0, 0.1) is 12.8 Å². The molecule has 1 amide bonds. The summed E-state index contributed by atoms with van der Waals surface area (Å²) in [6, 6.07) is 4.92. The van der Waals surface area contributed by atoms with E-state index in [2.05, 4.69) is 0 Å². The summed E-state index contributed by atoms with van der Waals surface area (Å²) in [5, 5.41) is 19.3. The van der Waals surface area contributed by atoms with Gasteiger partial charge in [-0.25, -0.2) is 0 Å². The van der Waals surface area contributed by atoms with Crippen molar-refractivity contribution in [2.45, 2.75) is 32.8 Å². The lowest BCUT2D eigenvalue weighted by molar-refractivity contribution is 0.0229. The summed E-state index contributed by atoms with van der Waals surface area (Å²) in [5.41, 5.74) is 1.30. The molecule has 1 saturated heterocycles. The van der Waals surface area contributed by atoms with E-state index in [-0.39, 0.29) is 23.7 Å². The Morgan fingerprint density at radius 1 is 1.47 bits per heavy atom. The van der Waals surface area contributed by atoms with Gasteiger partial charge in [0, 0.05) is 24.6 Å². The number of benzene rings is 1. The zero-order chi connectivity index (χ0) is 14.0. The molecule has 1 aliphatic rings. The van der Waals surface area contributed by atoms with E-state index in [1.807, 2.05) is 6.92 Å². The van der Waals surface area contributed by atoms with Crippen LogP contribution in [0.4, 0.5) is 0 Å². The minimum absolute atomic E-state index is 0.0200. The highest BCUT2D eigenvalue weighted by atomic mass is 16.3. The fourth-order valence-electron chi connectivity index (χ4n) is 2.58. The summed E-state index contributed by atoms with van der Waals surface area (Å²) >= 11 is 0. The van der Waals surface area contributed by atoms with E-state index in [1.54, 1.807) is 30.0 Å². The number of piperidine rings is 1. The van der Waals surface area contributed by atoms with Crippen LogP contribution in [0.25, 0.3) is 0 Å². The second kappa shape index (κ2) is 5.61. The van der Waals surface area contributed by atoms with Crippen molar-refractivity contribution in [2.75, 3.05) is 13.1 Å². The summed E-state index contributed by atoms with van der Waals surface area (Å²) in [6.45, 7) is 5.01. The smallest absolute Gasteiger partial charge is 0.253 e. The number of aromatic hydroxyl groups is 1. The van der Waals surface area contributed by atoms with Gasteiger partial charge in [0.1, 0.15) is 5.75 Å². The molecule has 4 heteroatoms. The molecular formula is C15H21NO3. The van der Waals surface area contributed by atoms with Gasteiger partial charge >= 0.3 is 0 Å². The van der Waals surface area contributed by atoms with Crippen molar-refractivity contribution in [1.29, 1.82) is 0 Å². The molecule has 1 aromatic carbocycles. The second-order valence-electron chi connectivity index (χ2n) is 5.28. The molecule has 0 aliphatic carbocycles. The molecule has 1 fully saturated rings. The Morgan fingerprint density at radius 2 is 2.21 bits per heavy atom. The maximum Gasteiger partial charge on any atom is 0.253 e. The zero-order valence-corrected chi connectivity index (χ0v) is 11.5. The summed E-state index contributed by atoms with van der Waals surface area (Å²) in [6.07, 6.45) is 1.22. The third-order valence-corrected chi connectivity index (χ3v) is 3.95. The third kappa shape index (κ3) is 2.89. The van der Waals surface area contributed by atoms with E-state index < -0.39 is 0 Å². The first kappa shape index (κ1) is 13.9. The van der Waals surface area contributed by atoms with Crippen molar-refractivity contribution in [1.82, 2.24) is 4.90 Å². The molecule has 0 aromatic heterocycles. The van der Waals surface area contributed by atoms with Crippen molar-refractivity contribution in [2.24, 2.45) is 5.92 Å². The fourth-order valence-corrected chi connectivity index (χ4v) is 2.58. The molecule has 2 atom stereocenters. The number of aryl methyl sites for hydroxylation is 1. The average molecular weight is 263 g/mol. The lowest BCUT2D eigenvalue weighted by atomic mass is 9.92. The Balaban J connectivity index is 2.13. The van der Waals surface area contributed by atoms with Crippen LogP contribution in [0.15, 0.2) is 18.2 Å². The van der Waals surface area contributed by atoms with Crippen LogP contribution < -0.4 is 0 Å². The van der Waals surface area contributed by atoms with Gasteiger partial charge in [-0.1, -0.05) is 6.92 Å². The molecule has 0 bridgehead atoms. The molecule has 4 nitrogen and oxygen atoms in total. The fraction of sp³-hybridized carbons (Fsp3) is 0.533. The number of phenolic OH excluding ortho intramolecular Hbond substituents is 1. The van der Waals surface area contributed by atoms with Gasteiger partial charge in [0.2, 0.25) is 0 Å². The average Bonchev–Trinajstić information content (AvgIpc) is 2.41. The number of aliphatic hydroxyl groups is 1. The topological polar surface area (TPSA) is 60.8 Å². The maximum absolute atomic E-state index is 12.4. The molecule has 2 N–H and O–H groups in total. The highest BCUT2D eigenvalue weighted by molar-refractivity contribution is 5.94. The van der Waals surface area contributed by atoms with E-state index >= 15 is 0 Å². The van der Waals surface area contributed by atoms with Gasteiger partial charge in [-0.15, -0.1) is 0 Å². The standard InChI is InChI=1S/C15H21NO3/c1-3-11-9-16(7-6-14(11)18)15(19)12-4-5-13(17)10(2)8-12/h4-5,8,11,14,17-18H,3,6-7,9H2,1-2H3. The number of likely N-dealkylation sites (tertiary alicyclic amines) is 1. The first-order chi connectivity index (χ1) is 9.02. The highest BCUT2D eigenvalue weighted by Gasteiger charge is 2.29. The summed E-state index contributed by atoms with van der Waals surface area (Å²) in [5.74, 6) is 0.349.